The van der Waals surface area contributed by atoms with E-state index in [0.29, 0.717) is 17.6 Å². The summed E-state index contributed by atoms with van der Waals surface area (Å²) >= 11 is 0. The molecule has 0 aromatic carbocycles. The number of rotatable bonds is 9. The first-order valence-electron chi connectivity index (χ1n) is 7.18. The second-order valence-electron chi connectivity index (χ2n) is 5.60. The molecule has 128 valence electrons. The van der Waals surface area contributed by atoms with E-state index in [-0.39, 0.29) is 0 Å². The van der Waals surface area contributed by atoms with E-state index in [1.54, 1.807) is 13.0 Å². The highest BCUT2D eigenvalue weighted by atomic mass is 16.4. The average molecular weight is 314 g/mol. The van der Waals surface area contributed by atoms with Gasteiger partial charge in [-0.2, -0.15) is 0 Å². The average Bonchev–Trinajstić information content (AvgIpc) is 2.38. The van der Waals surface area contributed by atoms with E-state index in [4.69, 9.17) is 10.2 Å². The summed E-state index contributed by atoms with van der Waals surface area (Å²) in [5.41, 5.74) is 0.721. The van der Waals surface area contributed by atoms with Gasteiger partial charge in [0.05, 0.1) is 0 Å². The fraction of sp³-hybridized carbons (Fsp3) is 0.625. The molecule has 0 unspecified atom stereocenters. The van der Waals surface area contributed by atoms with E-state index < -0.39 is 11.9 Å². The maximum absolute atomic E-state index is 10.3. The fourth-order valence-corrected chi connectivity index (χ4v) is 1.34. The van der Waals surface area contributed by atoms with Gasteiger partial charge in [-0.1, -0.05) is 12.7 Å². The molecule has 0 aromatic rings. The second kappa shape index (κ2) is 13.0. The van der Waals surface area contributed by atoms with Crippen LogP contribution in [-0.2, 0) is 9.59 Å². The van der Waals surface area contributed by atoms with Gasteiger partial charge in [0.25, 0.3) is 0 Å². The molecule has 0 aliphatic heterocycles. The lowest BCUT2D eigenvalue weighted by Gasteiger charge is -2.08. The summed E-state index contributed by atoms with van der Waals surface area (Å²) in [7, 11) is 7.85. The first kappa shape index (κ1) is 22.6. The number of aliphatic carboxylic acids is 2. The van der Waals surface area contributed by atoms with Crippen molar-refractivity contribution in [1.29, 1.82) is 0 Å². The van der Waals surface area contributed by atoms with E-state index in [1.165, 1.54) is 0 Å². The van der Waals surface area contributed by atoms with Crippen molar-refractivity contribution in [3.63, 3.8) is 0 Å². The van der Waals surface area contributed by atoms with Gasteiger partial charge in [-0.25, -0.2) is 9.59 Å². The molecule has 6 heteroatoms. The van der Waals surface area contributed by atoms with Gasteiger partial charge in [-0.15, -0.1) is 0 Å². The summed E-state index contributed by atoms with van der Waals surface area (Å²) < 4.78 is 0. The Morgan fingerprint density at radius 1 is 1.00 bits per heavy atom. The summed E-state index contributed by atoms with van der Waals surface area (Å²) in [4.78, 5) is 24.6. The van der Waals surface area contributed by atoms with E-state index in [2.05, 4.69) is 6.58 Å². The molecule has 0 bridgehead atoms. The van der Waals surface area contributed by atoms with Crippen molar-refractivity contribution >= 4 is 11.9 Å². The lowest BCUT2D eigenvalue weighted by molar-refractivity contribution is -0.133. The maximum atomic E-state index is 10.3. The third-order valence-corrected chi connectivity index (χ3v) is 2.75. The lowest BCUT2D eigenvalue weighted by Crippen LogP contribution is -2.13. The van der Waals surface area contributed by atoms with Crippen LogP contribution >= 0.6 is 0 Å². The molecule has 0 saturated carbocycles. The first-order chi connectivity index (χ1) is 10.1. The molecule has 0 aliphatic carbocycles. The molecule has 0 saturated heterocycles. The zero-order valence-corrected chi connectivity index (χ0v) is 14.4. The summed E-state index contributed by atoms with van der Waals surface area (Å²) in [5.74, 6) is -1.72. The highest BCUT2D eigenvalue weighted by molar-refractivity contribution is 5.86. The van der Waals surface area contributed by atoms with Crippen LogP contribution in [0.2, 0.25) is 0 Å². The van der Waals surface area contributed by atoms with E-state index in [9.17, 15) is 9.59 Å². The highest BCUT2D eigenvalue weighted by Gasteiger charge is 2.02. The van der Waals surface area contributed by atoms with Crippen molar-refractivity contribution in [3.05, 3.63) is 23.8 Å². The quantitative estimate of drug-likeness (QED) is 0.633. The third-order valence-electron chi connectivity index (χ3n) is 2.75. The molecule has 0 aromatic heterocycles. The van der Waals surface area contributed by atoms with Crippen molar-refractivity contribution in [2.45, 2.75) is 26.2 Å². The summed E-state index contributed by atoms with van der Waals surface area (Å²) in [6.07, 6.45) is 3.97. The van der Waals surface area contributed by atoms with Crippen LogP contribution in [0.15, 0.2) is 23.8 Å². The molecule has 0 amide bonds. The standard InChI is InChI=1S/2C8H15NO2/c2*1-7(8(10)11)5-4-6-9(2)3/h5H,4,6H2,1-3H3,(H,10,11);1,4-6H2,2-3H3,(H,10,11). The van der Waals surface area contributed by atoms with Gasteiger partial charge in [0.15, 0.2) is 0 Å². The second-order valence-corrected chi connectivity index (χ2v) is 5.60. The lowest BCUT2D eigenvalue weighted by atomic mass is 10.1. The fourth-order valence-electron chi connectivity index (χ4n) is 1.34. The van der Waals surface area contributed by atoms with Crippen LogP contribution < -0.4 is 0 Å². The van der Waals surface area contributed by atoms with Gasteiger partial charge in [0, 0.05) is 17.7 Å². The predicted octanol–water partition coefficient (Wildman–Crippen LogP) is 1.94. The van der Waals surface area contributed by atoms with Crippen LogP contribution in [0.4, 0.5) is 0 Å². The zero-order chi connectivity index (χ0) is 17.7. The first-order valence-corrected chi connectivity index (χ1v) is 7.18. The Bertz CT molecular complexity index is 388. The van der Waals surface area contributed by atoms with Gasteiger partial charge < -0.3 is 20.0 Å². The smallest absolute Gasteiger partial charge is 0.330 e. The van der Waals surface area contributed by atoms with E-state index in [0.717, 1.165) is 25.9 Å². The van der Waals surface area contributed by atoms with E-state index in [1.807, 2.05) is 38.0 Å². The molecular formula is C16H30N2O4. The largest absolute Gasteiger partial charge is 0.478 e. The molecule has 0 heterocycles. The van der Waals surface area contributed by atoms with Gasteiger partial charge in [-0.05, 0) is 60.9 Å². The number of nitrogens with zero attached hydrogens (tertiary/aromatic N) is 2. The van der Waals surface area contributed by atoms with Crippen LogP contribution in [0.1, 0.15) is 26.2 Å². The third kappa shape index (κ3) is 16.4. The number of carbonyl (C=O) groups is 2. The molecule has 22 heavy (non-hydrogen) atoms. The van der Waals surface area contributed by atoms with E-state index >= 15 is 0 Å². The van der Waals surface area contributed by atoms with Gasteiger partial charge >= 0.3 is 11.9 Å². The summed E-state index contributed by atoms with van der Waals surface area (Å²) in [6, 6.07) is 0. The van der Waals surface area contributed by atoms with Crippen LogP contribution in [0.5, 0.6) is 0 Å². The SMILES string of the molecule is C=C(CCCN(C)C)C(=O)O.CC(=CCCN(C)C)C(=O)O. The number of hydrogen-bond donors (Lipinski definition) is 2. The van der Waals surface area contributed by atoms with Crippen molar-refractivity contribution < 1.29 is 19.8 Å². The Kier molecular flexibility index (Phi) is 13.4. The minimum Gasteiger partial charge on any atom is -0.478 e. The highest BCUT2D eigenvalue weighted by Crippen LogP contribution is 2.02. The Morgan fingerprint density at radius 3 is 1.86 bits per heavy atom. The zero-order valence-electron chi connectivity index (χ0n) is 14.4. The monoisotopic (exact) mass is 314 g/mol. The maximum Gasteiger partial charge on any atom is 0.330 e. The minimum absolute atomic E-state index is 0.298. The predicted molar refractivity (Wildman–Crippen MR) is 89.1 cm³/mol. The number of carboxylic acids is 2. The van der Waals surface area contributed by atoms with Crippen molar-refractivity contribution in [2.75, 3.05) is 41.3 Å². The summed E-state index contributed by atoms with van der Waals surface area (Å²) in [6.45, 7) is 6.84. The Hall–Kier alpha value is -1.66. The Labute approximate surface area is 133 Å². The summed E-state index contributed by atoms with van der Waals surface area (Å²) in [5, 5.41) is 16.9. The molecule has 0 atom stereocenters. The normalized spacial score (nSPS) is 11.1. The van der Waals surface area contributed by atoms with Gasteiger partial charge in [0.1, 0.15) is 0 Å². The number of carboxylic acid groups (broad SMARTS) is 2. The molecule has 0 spiro atoms. The number of hydrogen-bond acceptors (Lipinski definition) is 4. The van der Waals surface area contributed by atoms with Crippen molar-refractivity contribution in [2.24, 2.45) is 0 Å². The van der Waals surface area contributed by atoms with Crippen LogP contribution in [0.25, 0.3) is 0 Å². The topological polar surface area (TPSA) is 81.1 Å². The molecule has 0 rings (SSSR count). The molecule has 0 aliphatic rings. The van der Waals surface area contributed by atoms with Crippen LogP contribution in [-0.4, -0.2) is 73.2 Å². The molecule has 2 N–H and O–H groups in total. The van der Waals surface area contributed by atoms with Gasteiger partial charge in [0.2, 0.25) is 0 Å². The van der Waals surface area contributed by atoms with Crippen LogP contribution in [0.3, 0.4) is 0 Å². The minimum atomic E-state index is -0.885. The van der Waals surface area contributed by atoms with Crippen molar-refractivity contribution in [1.82, 2.24) is 9.80 Å². The van der Waals surface area contributed by atoms with Gasteiger partial charge in [-0.3, -0.25) is 0 Å². The molecular weight excluding hydrogens is 284 g/mol. The molecule has 0 radical (unpaired) electrons. The van der Waals surface area contributed by atoms with Crippen LogP contribution in [0, 0.1) is 0 Å². The van der Waals surface area contributed by atoms with Crippen molar-refractivity contribution in [3.8, 4) is 0 Å². The Morgan fingerprint density at radius 2 is 1.50 bits per heavy atom. The Balaban J connectivity index is 0. The molecule has 6 nitrogen and oxygen atoms in total. The molecule has 0 fully saturated rings.